The summed E-state index contributed by atoms with van der Waals surface area (Å²) < 4.78 is 10.1. The standard InChI is InChI=1S/C14H18O4.6C4H9.2Sn/c1-7(2)5-10-6-8(3)9(4)11(13(15)16)12(10)14(17)18;6*1-3-4-2;;/h6-7H,5H2,1-4H3,(H,15,16)(H,17,18);6*1,3-4H2,2H3;;/q;;;;;;;2*+1/p-2. The minimum atomic E-state index is -1.47. The normalized spacial score (nSPS) is 10.5. The Bertz CT molecular complexity index is 807. The van der Waals surface area contributed by atoms with E-state index in [4.69, 9.17) is 0 Å². The van der Waals surface area contributed by atoms with Gasteiger partial charge < -0.3 is 19.8 Å². The second-order valence-electron chi connectivity index (χ2n) is 13.0. The van der Waals surface area contributed by atoms with Crippen molar-refractivity contribution in [1.82, 2.24) is 0 Å². The van der Waals surface area contributed by atoms with Crippen LogP contribution in [0.1, 0.15) is 170 Å². The summed E-state index contributed by atoms with van der Waals surface area (Å²) >= 11 is -1.68. The van der Waals surface area contributed by atoms with Crippen molar-refractivity contribution >= 4 is 51.5 Å². The number of hydrogen-bond donors (Lipinski definition) is 0. The van der Waals surface area contributed by atoms with E-state index in [0.29, 0.717) is 17.5 Å². The van der Waals surface area contributed by atoms with Crippen LogP contribution >= 0.6 is 0 Å². The van der Waals surface area contributed by atoms with Crippen LogP contribution in [0.2, 0.25) is 26.6 Å². The second kappa shape index (κ2) is 30.1. The predicted molar refractivity (Wildman–Crippen MR) is 193 cm³/mol. The summed E-state index contributed by atoms with van der Waals surface area (Å²) in [5.41, 5.74) is 1.15. The molecule has 0 fully saturated rings. The molecule has 0 heterocycles. The van der Waals surface area contributed by atoms with Gasteiger partial charge in [0.25, 0.3) is 0 Å². The Kier molecular flexibility index (Phi) is 31.4. The molecule has 1 aromatic rings. The topological polar surface area (TPSA) is 80.3 Å². The number of rotatable bonds is 22. The number of carboxylic acids is 2. The maximum absolute atomic E-state index is 11.2. The molecule has 0 saturated carbocycles. The molecule has 254 valence electrons. The van der Waals surface area contributed by atoms with Crippen LogP contribution in [0.5, 0.6) is 0 Å². The Morgan fingerprint density at radius 2 is 0.886 bits per heavy atom. The smallest absolute Gasteiger partial charge is 0.0724 e. The zero-order chi connectivity index (χ0) is 33.9. The molecule has 0 unspecified atom stereocenters. The van der Waals surface area contributed by atoms with Gasteiger partial charge in [0.15, 0.2) is 0 Å². The third-order valence-electron chi connectivity index (χ3n) is 8.27. The third-order valence-corrected chi connectivity index (χ3v) is 26.4. The summed E-state index contributed by atoms with van der Waals surface area (Å²) in [6.45, 7) is 21.2. The number of carbonyl (C=O) groups is 2. The molecule has 0 saturated heterocycles. The van der Waals surface area contributed by atoms with E-state index >= 15 is 0 Å². The first kappa shape index (κ1) is 45.9. The van der Waals surface area contributed by atoms with Crippen LogP contribution in [-0.4, -0.2) is 51.5 Å². The molecule has 0 spiro atoms. The molecule has 0 amide bonds. The van der Waals surface area contributed by atoms with E-state index in [9.17, 15) is 19.8 Å². The predicted octanol–water partition coefficient (Wildman–Crippen LogP) is 9.99. The zero-order valence-electron chi connectivity index (χ0n) is 30.7. The van der Waals surface area contributed by atoms with Crippen molar-refractivity contribution in [3.63, 3.8) is 0 Å². The number of carboxylic acid groups (broad SMARTS) is 2. The SMILES string of the molecule is CCC[CH2][Sn+]([CH2]CCC)[CH2]CCC.CCC[CH2][Sn+]([CH2]CCC)[CH2]CCC.Cc1cc(CC(C)C)c(C(=O)[O-])c(C(=O)[O-])c1C. The van der Waals surface area contributed by atoms with Crippen LogP contribution in [0.25, 0.3) is 0 Å². The van der Waals surface area contributed by atoms with Crippen LogP contribution in [0, 0.1) is 19.8 Å². The van der Waals surface area contributed by atoms with Crippen molar-refractivity contribution in [1.29, 1.82) is 0 Å². The van der Waals surface area contributed by atoms with E-state index in [1.54, 1.807) is 46.5 Å². The molecule has 44 heavy (non-hydrogen) atoms. The summed E-state index contributed by atoms with van der Waals surface area (Å²) in [6, 6.07) is 1.72. The molecule has 0 aliphatic carbocycles. The average molecular weight is 828 g/mol. The molecule has 0 atom stereocenters. The Labute approximate surface area is 288 Å². The quantitative estimate of drug-likeness (QED) is 0.109. The van der Waals surface area contributed by atoms with Gasteiger partial charge in [-0.2, -0.15) is 0 Å². The maximum Gasteiger partial charge on any atom is 0.0724 e. The van der Waals surface area contributed by atoms with Gasteiger partial charge in [-0.3, -0.25) is 0 Å². The molecular weight excluding hydrogens is 758 g/mol. The van der Waals surface area contributed by atoms with Crippen molar-refractivity contribution in [2.75, 3.05) is 0 Å². The van der Waals surface area contributed by atoms with Gasteiger partial charge >= 0.3 is 185 Å². The van der Waals surface area contributed by atoms with Gasteiger partial charge in [-0.1, -0.05) is 19.9 Å². The van der Waals surface area contributed by atoms with Crippen molar-refractivity contribution in [3.05, 3.63) is 33.9 Å². The first-order valence-electron chi connectivity index (χ1n) is 18.2. The van der Waals surface area contributed by atoms with E-state index in [1.165, 1.54) is 77.0 Å². The van der Waals surface area contributed by atoms with E-state index in [1.807, 2.05) is 13.8 Å². The van der Waals surface area contributed by atoms with Gasteiger partial charge in [0.1, 0.15) is 0 Å². The fraction of sp³-hybridized carbons (Fsp3) is 0.789. The third kappa shape index (κ3) is 22.3. The van der Waals surface area contributed by atoms with Crippen LogP contribution in [0.15, 0.2) is 6.07 Å². The number of benzene rings is 1. The summed E-state index contributed by atoms with van der Waals surface area (Å²) in [7, 11) is 0. The van der Waals surface area contributed by atoms with Crippen molar-refractivity contribution < 1.29 is 19.8 Å². The van der Waals surface area contributed by atoms with E-state index in [2.05, 4.69) is 41.5 Å². The van der Waals surface area contributed by atoms with Crippen molar-refractivity contribution in [2.45, 2.75) is 179 Å². The summed E-state index contributed by atoms with van der Waals surface area (Å²) in [6.07, 6.45) is 18.2. The minimum Gasteiger partial charge on any atom is -0.545 e. The summed E-state index contributed by atoms with van der Waals surface area (Å²) in [4.78, 5) is 22.3. The van der Waals surface area contributed by atoms with E-state index in [-0.39, 0.29) is 17.0 Å². The molecule has 0 aliphatic rings. The fourth-order valence-corrected chi connectivity index (χ4v) is 24.3. The zero-order valence-corrected chi connectivity index (χ0v) is 36.4. The maximum atomic E-state index is 11.2. The summed E-state index contributed by atoms with van der Waals surface area (Å²) in [5, 5.41) is 22.3. The average Bonchev–Trinajstić information content (AvgIpc) is 2.98. The molecule has 0 bridgehead atoms. The molecule has 0 N–H and O–H groups in total. The van der Waals surface area contributed by atoms with Gasteiger partial charge in [-0.15, -0.1) is 0 Å². The Morgan fingerprint density at radius 1 is 0.591 bits per heavy atom. The largest absolute Gasteiger partial charge is 0.545 e. The molecule has 1 rings (SSSR count). The number of unbranched alkanes of at least 4 members (excludes halogenated alkanes) is 6. The molecule has 1 aromatic carbocycles. The van der Waals surface area contributed by atoms with Crippen LogP contribution in [0.4, 0.5) is 0 Å². The van der Waals surface area contributed by atoms with Crippen LogP contribution < -0.4 is 10.2 Å². The van der Waals surface area contributed by atoms with Crippen molar-refractivity contribution in [2.24, 2.45) is 5.92 Å². The van der Waals surface area contributed by atoms with Gasteiger partial charge in [-0.25, -0.2) is 0 Å². The Morgan fingerprint density at radius 3 is 1.11 bits per heavy atom. The van der Waals surface area contributed by atoms with Crippen LogP contribution in [0.3, 0.4) is 0 Å². The van der Waals surface area contributed by atoms with Crippen molar-refractivity contribution in [3.8, 4) is 0 Å². The monoisotopic (exact) mass is 830 g/mol. The summed E-state index contributed by atoms with van der Waals surface area (Å²) in [5.74, 6) is -2.71. The number of hydrogen-bond acceptors (Lipinski definition) is 4. The molecule has 6 heteroatoms. The number of aryl methyl sites for hydroxylation is 1. The number of carbonyl (C=O) groups excluding carboxylic acids is 2. The van der Waals surface area contributed by atoms with E-state index in [0.717, 1.165) is 5.56 Å². The molecule has 0 radical (unpaired) electrons. The second-order valence-corrected chi connectivity index (χ2v) is 30.1. The van der Waals surface area contributed by atoms with E-state index < -0.39 is 51.5 Å². The first-order valence-corrected chi connectivity index (χ1v) is 30.3. The van der Waals surface area contributed by atoms with Gasteiger partial charge in [-0.05, 0) is 42.9 Å². The first-order chi connectivity index (χ1) is 20.9. The van der Waals surface area contributed by atoms with Gasteiger partial charge in [0.05, 0.1) is 11.9 Å². The molecule has 0 aliphatic heterocycles. The van der Waals surface area contributed by atoms with Gasteiger partial charge in [0.2, 0.25) is 0 Å². The Hall–Kier alpha value is -0.243. The van der Waals surface area contributed by atoms with Crippen LogP contribution in [-0.2, 0) is 6.42 Å². The van der Waals surface area contributed by atoms with Gasteiger partial charge in [0, 0.05) is 11.1 Å². The molecule has 4 nitrogen and oxygen atoms in total. The minimum absolute atomic E-state index is 0.222. The Balaban J connectivity index is 0. The number of aromatic carboxylic acids is 2. The molecule has 0 aromatic heterocycles. The molecular formula is C38H70O4Sn2. The fourth-order valence-electron chi connectivity index (χ4n) is 5.39.